The molecule has 0 spiro atoms. The molecule has 0 unspecified atom stereocenters. The fourth-order valence-electron chi connectivity index (χ4n) is 2.66. The van der Waals surface area contributed by atoms with Gasteiger partial charge in [0, 0.05) is 18.5 Å². The Morgan fingerprint density at radius 1 is 1.24 bits per heavy atom. The molecular formula is C18H23N5OS. The maximum atomic E-state index is 12.4. The van der Waals surface area contributed by atoms with Crippen molar-refractivity contribution in [2.24, 2.45) is 0 Å². The second-order valence-electron chi connectivity index (χ2n) is 7.06. The van der Waals surface area contributed by atoms with Crippen LogP contribution in [0.1, 0.15) is 26.3 Å². The summed E-state index contributed by atoms with van der Waals surface area (Å²) < 4.78 is 1.79. The highest BCUT2D eigenvalue weighted by atomic mass is 32.2. The molecule has 7 heteroatoms. The smallest absolute Gasteiger partial charge is 0.263 e. The lowest BCUT2D eigenvalue weighted by atomic mass is 10.1. The first-order chi connectivity index (χ1) is 11.8. The van der Waals surface area contributed by atoms with Crippen molar-refractivity contribution in [1.82, 2.24) is 19.7 Å². The van der Waals surface area contributed by atoms with Gasteiger partial charge in [-0.15, -0.1) is 11.8 Å². The summed E-state index contributed by atoms with van der Waals surface area (Å²) in [5, 5.41) is 4.85. The molecule has 6 nitrogen and oxygen atoms in total. The Bertz CT molecular complexity index is 937. The summed E-state index contributed by atoms with van der Waals surface area (Å²) in [5.41, 5.74) is 1.36. The molecule has 1 aromatic carbocycles. The van der Waals surface area contributed by atoms with Gasteiger partial charge in [0.1, 0.15) is 5.39 Å². The molecule has 0 saturated carbocycles. The van der Waals surface area contributed by atoms with Gasteiger partial charge in [0.25, 0.3) is 5.56 Å². The molecular weight excluding hydrogens is 334 g/mol. The van der Waals surface area contributed by atoms with Crippen molar-refractivity contribution in [3.8, 4) is 0 Å². The number of H-pyrrole nitrogens is 1. The van der Waals surface area contributed by atoms with E-state index in [1.54, 1.807) is 22.6 Å². The first kappa shape index (κ1) is 17.5. The SMILES string of the molecule is CSc1ccc(CN(C)c2nc3c(cnn3C(C)(C)C)c(=O)[nH]2)cc1. The van der Waals surface area contributed by atoms with Gasteiger partial charge in [0.2, 0.25) is 5.95 Å². The minimum absolute atomic E-state index is 0.167. The third-order valence-electron chi connectivity index (χ3n) is 4.00. The Balaban J connectivity index is 1.95. The van der Waals surface area contributed by atoms with E-state index in [0.29, 0.717) is 23.5 Å². The molecule has 25 heavy (non-hydrogen) atoms. The summed E-state index contributed by atoms with van der Waals surface area (Å²) in [4.78, 5) is 23.1. The standard InChI is InChI=1S/C18H23N5OS/c1-18(2,3)23-15-14(10-19-23)16(24)21-17(20-15)22(4)11-12-6-8-13(25-5)9-7-12/h6-10H,11H2,1-5H3,(H,20,21,24). The second kappa shape index (κ2) is 6.55. The molecule has 0 radical (unpaired) electrons. The summed E-state index contributed by atoms with van der Waals surface area (Å²) in [7, 11) is 1.92. The zero-order valence-electron chi connectivity index (χ0n) is 15.2. The summed E-state index contributed by atoms with van der Waals surface area (Å²) >= 11 is 1.72. The number of anilines is 1. The van der Waals surface area contributed by atoms with Crippen molar-refractivity contribution in [2.45, 2.75) is 37.8 Å². The molecule has 0 aliphatic carbocycles. The van der Waals surface area contributed by atoms with Crippen molar-refractivity contribution in [3.05, 3.63) is 46.4 Å². The molecule has 3 rings (SSSR count). The molecule has 0 aliphatic rings. The van der Waals surface area contributed by atoms with Gasteiger partial charge in [-0.2, -0.15) is 10.1 Å². The van der Waals surface area contributed by atoms with E-state index >= 15 is 0 Å². The van der Waals surface area contributed by atoms with E-state index in [1.165, 1.54) is 4.90 Å². The van der Waals surface area contributed by atoms with Crippen LogP contribution >= 0.6 is 11.8 Å². The highest BCUT2D eigenvalue weighted by Crippen LogP contribution is 2.20. The van der Waals surface area contributed by atoms with E-state index in [9.17, 15) is 4.79 Å². The van der Waals surface area contributed by atoms with E-state index in [0.717, 1.165) is 5.56 Å². The monoisotopic (exact) mass is 357 g/mol. The number of rotatable bonds is 4. The number of benzene rings is 1. The normalized spacial score (nSPS) is 11.9. The van der Waals surface area contributed by atoms with Crippen molar-refractivity contribution < 1.29 is 0 Å². The number of thioether (sulfide) groups is 1. The number of nitrogens with zero attached hydrogens (tertiary/aromatic N) is 4. The summed E-state index contributed by atoms with van der Waals surface area (Å²) in [6, 6.07) is 8.39. The number of aromatic nitrogens is 4. The molecule has 1 N–H and O–H groups in total. The van der Waals surface area contributed by atoms with Crippen molar-refractivity contribution in [1.29, 1.82) is 0 Å². The third kappa shape index (κ3) is 3.56. The number of hydrogen-bond donors (Lipinski definition) is 1. The molecule has 3 aromatic rings. The number of hydrogen-bond acceptors (Lipinski definition) is 5. The van der Waals surface area contributed by atoms with E-state index in [2.05, 4.69) is 45.6 Å². The molecule has 132 valence electrons. The topological polar surface area (TPSA) is 66.8 Å². The Labute approximate surface area is 151 Å². The quantitative estimate of drug-likeness (QED) is 0.726. The fourth-order valence-corrected chi connectivity index (χ4v) is 3.07. The predicted octanol–water partition coefficient (Wildman–Crippen LogP) is 3.23. The van der Waals surface area contributed by atoms with Crippen LogP contribution in [0.15, 0.2) is 40.2 Å². The van der Waals surface area contributed by atoms with Crippen molar-refractivity contribution >= 4 is 28.7 Å². The highest BCUT2D eigenvalue weighted by Gasteiger charge is 2.20. The van der Waals surface area contributed by atoms with E-state index in [1.807, 2.05) is 32.7 Å². The minimum Gasteiger partial charge on any atom is -0.341 e. The van der Waals surface area contributed by atoms with E-state index in [-0.39, 0.29) is 11.1 Å². The molecule has 0 amide bonds. The fraction of sp³-hybridized carbons (Fsp3) is 0.389. The Kier molecular flexibility index (Phi) is 4.60. The average Bonchev–Trinajstić information content (AvgIpc) is 3.00. The molecule has 0 bridgehead atoms. The van der Waals surface area contributed by atoms with Gasteiger partial charge in [-0.3, -0.25) is 9.78 Å². The molecule has 0 aliphatic heterocycles. The van der Waals surface area contributed by atoms with E-state index in [4.69, 9.17) is 0 Å². The van der Waals surface area contributed by atoms with Crippen molar-refractivity contribution in [3.63, 3.8) is 0 Å². The minimum atomic E-state index is -0.244. The zero-order valence-corrected chi connectivity index (χ0v) is 16.0. The van der Waals surface area contributed by atoms with Crippen molar-refractivity contribution in [2.75, 3.05) is 18.2 Å². The third-order valence-corrected chi connectivity index (χ3v) is 4.74. The van der Waals surface area contributed by atoms with Crippen LogP contribution in [0.2, 0.25) is 0 Å². The lowest BCUT2D eigenvalue weighted by Gasteiger charge is -2.21. The second-order valence-corrected chi connectivity index (χ2v) is 7.94. The summed E-state index contributed by atoms with van der Waals surface area (Å²) in [6.45, 7) is 6.78. The van der Waals surface area contributed by atoms with Gasteiger partial charge in [-0.1, -0.05) is 12.1 Å². The van der Waals surface area contributed by atoms with Gasteiger partial charge in [-0.05, 0) is 44.7 Å². The number of aromatic amines is 1. The molecule has 2 aromatic heterocycles. The van der Waals surface area contributed by atoms with Crippen LogP contribution in [0, 0.1) is 0 Å². The van der Waals surface area contributed by atoms with Crippen LogP contribution in [0.5, 0.6) is 0 Å². The first-order valence-electron chi connectivity index (χ1n) is 8.12. The van der Waals surface area contributed by atoms with Crippen LogP contribution < -0.4 is 10.5 Å². The first-order valence-corrected chi connectivity index (χ1v) is 9.34. The largest absolute Gasteiger partial charge is 0.341 e. The number of fused-ring (bicyclic) bond motifs is 1. The Morgan fingerprint density at radius 3 is 2.52 bits per heavy atom. The van der Waals surface area contributed by atoms with Crippen LogP contribution in [0.25, 0.3) is 11.0 Å². The molecule has 0 fully saturated rings. The molecule has 0 atom stereocenters. The zero-order chi connectivity index (χ0) is 18.2. The maximum absolute atomic E-state index is 12.4. The Hall–Kier alpha value is -2.28. The van der Waals surface area contributed by atoms with Gasteiger partial charge >= 0.3 is 0 Å². The van der Waals surface area contributed by atoms with Gasteiger partial charge in [-0.25, -0.2) is 4.68 Å². The van der Waals surface area contributed by atoms with Gasteiger partial charge < -0.3 is 4.90 Å². The molecule has 2 heterocycles. The van der Waals surface area contributed by atoms with Crippen LogP contribution in [-0.2, 0) is 12.1 Å². The van der Waals surface area contributed by atoms with Crippen LogP contribution in [0.3, 0.4) is 0 Å². The average molecular weight is 357 g/mol. The van der Waals surface area contributed by atoms with Crippen LogP contribution in [-0.4, -0.2) is 33.1 Å². The molecule has 0 saturated heterocycles. The predicted molar refractivity (Wildman–Crippen MR) is 103 cm³/mol. The lowest BCUT2D eigenvalue weighted by molar-refractivity contribution is 0.366. The Morgan fingerprint density at radius 2 is 1.92 bits per heavy atom. The summed E-state index contributed by atoms with van der Waals surface area (Å²) in [5.74, 6) is 0.539. The highest BCUT2D eigenvalue weighted by molar-refractivity contribution is 7.98. The maximum Gasteiger partial charge on any atom is 0.263 e. The van der Waals surface area contributed by atoms with Gasteiger partial charge in [0.05, 0.1) is 11.7 Å². The number of nitrogens with one attached hydrogen (secondary N) is 1. The van der Waals surface area contributed by atoms with Gasteiger partial charge in [0.15, 0.2) is 5.65 Å². The van der Waals surface area contributed by atoms with E-state index < -0.39 is 0 Å². The summed E-state index contributed by atoms with van der Waals surface area (Å²) in [6.07, 6.45) is 3.64. The lowest BCUT2D eigenvalue weighted by Crippen LogP contribution is -2.26. The van der Waals surface area contributed by atoms with Crippen LogP contribution in [0.4, 0.5) is 5.95 Å².